The van der Waals surface area contributed by atoms with Gasteiger partial charge in [-0.15, -0.1) is 0 Å². The Kier molecular flexibility index (Phi) is 10.4. The van der Waals surface area contributed by atoms with Gasteiger partial charge in [0, 0.05) is 44.1 Å². The van der Waals surface area contributed by atoms with Gasteiger partial charge in [0.25, 0.3) is 5.91 Å². The van der Waals surface area contributed by atoms with Crippen LogP contribution in [0.25, 0.3) is 0 Å². The van der Waals surface area contributed by atoms with Gasteiger partial charge >= 0.3 is 5.97 Å². The number of benzene rings is 3. The number of anilines is 3. The molecule has 45 heavy (non-hydrogen) atoms. The minimum Gasteiger partial charge on any atom is -0.462 e. The SMILES string of the molecule is CCOC(=O)c1ccc(N2C(=O)[C@H](CC(=O)Nc3ccc(F)cc3)N(CCCN3CCN(c4ccc(F)cc4)CC3)C2=S)cc1. The first kappa shape index (κ1) is 32.0. The van der Waals surface area contributed by atoms with E-state index in [1.54, 1.807) is 48.2 Å². The molecular formula is C33H35F2N5O4S. The molecule has 2 aliphatic rings. The van der Waals surface area contributed by atoms with Crippen molar-refractivity contribution < 1.29 is 27.9 Å². The molecule has 0 spiro atoms. The molecule has 0 radical (unpaired) electrons. The van der Waals surface area contributed by atoms with Crippen molar-refractivity contribution in [2.75, 3.05) is 61.0 Å². The summed E-state index contributed by atoms with van der Waals surface area (Å²) in [7, 11) is 0. The van der Waals surface area contributed by atoms with E-state index in [1.165, 1.54) is 41.3 Å². The first-order chi connectivity index (χ1) is 21.7. The zero-order valence-electron chi connectivity index (χ0n) is 25.0. The minimum absolute atomic E-state index is 0.149. The van der Waals surface area contributed by atoms with Gasteiger partial charge in [-0.25, -0.2) is 13.6 Å². The standard InChI is InChI=1S/C33H35F2N5O4S/c1-2-44-32(43)23-4-12-28(13-5-23)40-31(42)29(22-30(41)36-26-10-6-24(34)7-11-26)39(33(40)45)17-3-16-37-18-20-38(21-19-37)27-14-8-25(35)9-15-27/h4-15,29H,2-3,16-22H2,1H3,(H,36,41)/t29-/m0/s1. The molecule has 2 aliphatic heterocycles. The molecule has 9 nitrogen and oxygen atoms in total. The van der Waals surface area contributed by atoms with Crippen LogP contribution < -0.4 is 15.1 Å². The lowest BCUT2D eigenvalue weighted by Gasteiger charge is -2.36. The van der Waals surface area contributed by atoms with Gasteiger partial charge in [-0.3, -0.25) is 19.4 Å². The van der Waals surface area contributed by atoms with Gasteiger partial charge in [-0.1, -0.05) is 0 Å². The van der Waals surface area contributed by atoms with E-state index >= 15 is 0 Å². The highest BCUT2D eigenvalue weighted by molar-refractivity contribution is 7.80. The van der Waals surface area contributed by atoms with Crippen molar-refractivity contribution >= 4 is 52.2 Å². The van der Waals surface area contributed by atoms with Crippen molar-refractivity contribution in [3.05, 3.63) is 90.0 Å². The molecule has 0 unspecified atom stereocenters. The molecule has 0 aliphatic carbocycles. The average molecular weight is 636 g/mol. The van der Waals surface area contributed by atoms with Crippen LogP contribution in [0.5, 0.6) is 0 Å². The molecular weight excluding hydrogens is 600 g/mol. The Morgan fingerprint density at radius 3 is 2.09 bits per heavy atom. The van der Waals surface area contributed by atoms with E-state index in [-0.39, 0.29) is 29.9 Å². The molecule has 1 atom stereocenters. The van der Waals surface area contributed by atoms with E-state index < -0.39 is 23.7 Å². The Labute approximate surface area is 266 Å². The number of carbonyl (C=O) groups is 3. The Hall–Kier alpha value is -4.42. The molecule has 3 aromatic carbocycles. The van der Waals surface area contributed by atoms with E-state index in [0.717, 1.165) is 38.4 Å². The zero-order valence-corrected chi connectivity index (χ0v) is 25.8. The molecule has 2 saturated heterocycles. The lowest BCUT2D eigenvalue weighted by Crippen LogP contribution is -2.47. The molecule has 0 saturated carbocycles. The number of halogens is 2. The van der Waals surface area contributed by atoms with E-state index in [4.69, 9.17) is 17.0 Å². The molecule has 0 bridgehead atoms. The number of carbonyl (C=O) groups excluding carboxylic acids is 3. The van der Waals surface area contributed by atoms with Crippen molar-refractivity contribution in [1.82, 2.24) is 9.80 Å². The van der Waals surface area contributed by atoms with Crippen LogP contribution in [0.2, 0.25) is 0 Å². The van der Waals surface area contributed by atoms with Gasteiger partial charge < -0.3 is 19.9 Å². The maximum atomic E-state index is 13.8. The van der Waals surface area contributed by atoms with Crippen LogP contribution in [0.3, 0.4) is 0 Å². The van der Waals surface area contributed by atoms with Crippen LogP contribution in [-0.2, 0) is 14.3 Å². The first-order valence-corrected chi connectivity index (χ1v) is 15.3. The van der Waals surface area contributed by atoms with E-state index in [2.05, 4.69) is 15.1 Å². The number of nitrogens with zero attached hydrogens (tertiary/aromatic N) is 4. The lowest BCUT2D eigenvalue weighted by atomic mass is 10.1. The number of amides is 2. The summed E-state index contributed by atoms with van der Waals surface area (Å²) in [5.74, 6) is -1.88. The van der Waals surface area contributed by atoms with Gasteiger partial charge in [0.1, 0.15) is 17.7 Å². The summed E-state index contributed by atoms with van der Waals surface area (Å²) >= 11 is 5.79. The summed E-state index contributed by atoms with van der Waals surface area (Å²) in [5, 5.41) is 3.02. The summed E-state index contributed by atoms with van der Waals surface area (Å²) in [6, 6.07) is 17.5. The monoisotopic (exact) mass is 635 g/mol. The van der Waals surface area contributed by atoms with Crippen LogP contribution >= 0.6 is 12.2 Å². The van der Waals surface area contributed by atoms with Crippen molar-refractivity contribution in [2.24, 2.45) is 0 Å². The van der Waals surface area contributed by atoms with E-state index in [0.29, 0.717) is 29.9 Å². The number of esters is 1. The third-order valence-corrected chi connectivity index (χ3v) is 8.32. The maximum Gasteiger partial charge on any atom is 0.338 e. The predicted molar refractivity (Wildman–Crippen MR) is 172 cm³/mol. The molecule has 5 rings (SSSR count). The van der Waals surface area contributed by atoms with Crippen molar-refractivity contribution in [3.63, 3.8) is 0 Å². The van der Waals surface area contributed by atoms with Crippen molar-refractivity contribution in [1.29, 1.82) is 0 Å². The fraction of sp³-hybridized carbons (Fsp3) is 0.333. The molecule has 2 amide bonds. The Morgan fingerprint density at radius 2 is 1.47 bits per heavy atom. The van der Waals surface area contributed by atoms with Gasteiger partial charge in [0.15, 0.2) is 5.11 Å². The first-order valence-electron chi connectivity index (χ1n) is 14.9. The van der Waals surface area contributed by atoms with E-state index in [9.17, 15) is 23.2 Å². The summed E-state index contributed by atoms with van der Waals surface area (Å²) in [5.41, 5.74) is 2.26. The van der Waals surface area contributed by atoms with Gasteiger partial charge in [0.2, 0.25) is 5.91 Å². The number of nitrogens with one attached hydrogen (secondary N) is 1. The molecule has 12 heteroatoms. The summed E-state index contributed by atoms with van der Waals surface area (Å²) in [6.07, 6.45) is 0.555. The normalized spacial score (nSPS) is 17.1. The van der Waals surface area contributed by atoms with Gasteiger partial charge in [-0.2, -0.15) is 0 Å². The Bertz CT molecular complexity index is 1510. The number of thiocarbonyl (C=S) groups is 1. The van der Waals surface area contributed by atoms with E-state index in [1.807, 2.05) is 0 Å². The predicted octanol–water partition coefficient (Wildman–Crippen LogP) is 4.68. The Balaban J connectivity index is 1.24. The van der Waals surface area contributed by atoms with Crippen LogP contribution in [0, 0.1) is 11.6 Å². The lowest BCUT2D eigenvalue weighted by molar-refractivity contribution is -0.124. The van der Waals surface area contributed by atoms with Crippen LogP contribution in [0.15, 0.2) is 72.8 Å². The number of hydrogen-bond donors (Lipinski definition) is 1. The second-order valence-electron chi connectivity index (χ2n) is 10.9. The molecule has 3 aromatic rings. The number of rotatable bonds is 11. The van der Waals surface area contributed by atoms with Crippen molar-refractivity contribution in [2.45, 2.75) is 25.8 Å². The second-order valence-corrected chi connectivity index (χ2v) is 11.2. The smallest absolute Gasteiger partial charge is 0.338 e. The van der Waals surface area contributed by atoms with Crippen molar-refractivity contribution in [3.8, 4) is 0 Å². The van der Waals surface area contributed by atoms with Gasteiger partial charge in [-0.05, 0) is 105 Å². The quantitative estimate of drug-likeness (QED) is 0.240. The maximum absolute atomic E-state index is 13.8. The average Bonchev–Trinajstić information content (AvgIpc) is 3.27. The van der Waals surface area contributed by atoms with Crippen LogP contribution in [-0.4, -0.2) is 84.6 Å². The summed E-state index contributed by atoms with van der Waals surface area (Å²) < 4.78 is 31.7. The third kappa shape index (κ3) is 7.81. The topological polar surface area (TPSA) is 85.4 Å². The summed E-state index contributed by atoms with van der Waals surface area (Å²) in [4.78, 5) is 46.7. The minimum atomic E-state index is -0.835. The number of piperazine rings is 1. The largest absolute Gasteiger partial charge is 0.462 e. The number of hydrogen-bond acceptors (Lipinski definition) is 7. The summed E-state index contributed by atoms with van der Waals surface area (Å²) in [6.45, 7) is 6.49. The molecule has 0 aromatic heterocycles. The highest BCUT2D eigenvalue weighted by Crippen LogP contribution is 2.28. The fourth-order valence-corrected chi connectivity index (χ4v) is 5.97. The highest BCUT2D eigenvalue weighted by atomic mass is 32.1. The third-order valence-electron chi connectivity index (χ3n) is 7.90. The fourth-order valence-electron chi connectivity index (χ4n) is 5.55. The Morgan fingerprint density at radius 1 is 0.867 bits per heavy atom. The molecule has 2 fully saturated rings. The molecule has 2 heterocycles. The van der Waals surface area contributed by atoms with Crippen LogP contribution in [0.4, 0.5) is 25.8 Å². The highest BCUT2D eigenvalue weighted by Gasteiger charge is 2.44. The molecule has 1 N–H and O–H groups in total. The second kappa shape index (κ2) is 14.6. The van der Waals surface area contributed by atoms with Gasteiger partial charge in [0.05, 0.1) is 24.3 Å². The number of ether oxygens (including phenoxy) is 1. The zero-order chi connectivity index (χ0) is 31.9. The van der Waals surface area contributed by atoms with Crippen LogP contribution in [0.1, 0.15) is 30.1 Å². The molecule has 236 valence electrons.